The van der Waals surface area contributed by atoms with Gasteiger partial charge < -0.3 is 15.4 Å². The largest absolute Gasteiger partial charge is 0.497 e. The topological polar surface area (TPSA) is 57.3 Å². The minimum atomic E-state index is 0.447. The van der Waals surface area contributed by atoms with Crippen LogP contribution in [0.2, 0.25) is 0 Å². The highest BCUT2D eigenvalue weighted by Gasteiger charge is 2.06. The van der Waals surface area contributed by atoms with Crippen LogP contribution in [0.15, 0.2) is 24.3 Å². The summed E-state index contributed by atoms with van der Waals surface area (Å²) >= 11 is 10.5. The SMILES string of the molecule is CCCC[C@H](CC)CNC(=S)NNC(=S)Nc1ccc(OC)cc1. The first kappa shape index (κ1) is 20.4. The highest BCUT2D eigenvalue weighted by atomic mass is 32.1. The standard InChI is InChI=1S/C17H28N4OS2/c1-4-6-7-13(5-2)12-18-16(23)20-21-17(24)19-14-8-10-15(22-3)11-9-14/h8-11,13H,4-7,12H2,1-3H3,(H2,18,20,23)(H2,19,21,24)/t13-/m0/s1. The summed E-state index contributed by atoms with van der Waals surface area (Å²) < 4.78 is 5.12. The van der Waals surface area contributed by atoms with Gasteiger partial charge in [-0.1, -0.05) is 33.1 Å². The van der Waals surface area contributed by atoms with E-state index >= 15 is 0 Å². The molecule has 0 aliphatic rings. The fourth-order valence-electron chi connectivity index (χ4n) is 2.17. The first-order chi connectivity index (χ1) is 11.6. The van der Waals surface area contributed by atoms with Crippen LogP contribution >= 0.6 is 24.4 Å². The minimum Gasteiger partial charge on any atom is -0.497 e. The van der Waals surface area contributed by atoms with Gasteiger partial charge in [-0.15, -0.1) is 0 Å². The second-order valence-corrected chi connectivity index (χ2v) is 6.38. The number of benzene rings is 1. The highest BCUT2D eigenvalue weighted by Crippen LogP contribution is 2.14. The van der Waals surface area contributed by atoms with Gasteiger partial charge in [0.25, 0.3) is 0 Å². The van der Waals surface area contributed by atoms with Crippen molar-refractivity contribution in [2.45, 2.75) is 39.5 Å². The van der Waals surface area contributed by atoms with Crippen molar-refractivity contribution in [3.05, 3.63) is 24.3 Å². The van der Waals surface area contributed by atoms with Crippen molar-refractivity contribution in [3.63, 3.8) is 0 Å². The Hall–Kier alpha value is -1.60. The van der Waals surface area contributed by atoms with Crippen molar-refractivity contribution >= 4 is 40.3 Å². The maximum absolute atomic E-state index is 5.26. The lowest BCUT2D eigenvalue weighted by atomic mass is 9.99. The molecule has 0 unspecified atom stereocenters. The van der Waals surface area contributed by atoms with E-state index in [9.17, 15) is 0 Å². The van der Waals surface area contributed by atoms with E-state index in [2.05, 4.69) is 35.3 Å². The van der Waals surface area contributed by atoms with E-state index in [1.165, 1.54) is 19.3 Å². The Morgan fingerprint density at radius 1 is 1.08 bits per heavy atom. The van der Waals surface area contributed by atoms with Gasteiger partial charge in [0, 0.05) is 12.2 Å². The Kier molecular flexibility index (Phi) is 10.1. The molecule has 0 saturated carbocycles. The molecule has 7 heteroatoms. The van der Waals surface area contributed by atoms with Crippen LogP contribution in [0.5, 0.6) is 5.75 Å². The normalized spacial score (nSPS) is 11.3. The number of rotatable bonds is 8. The molecule has 0 aliphatic heterocycles. The van der Waals surface area contributed by atoms with Crippen molar-refractivity contribution in [1.29, 1.82) is 0 Å². The van der Waals surface area contributed by atoms with Gasteiger partial charge >= 0.3 is 0 Å². The van der Waals surface area contributed by atoms with E-state index in [0.29, 0.717) is 16.1 Å². The number of nitrogens with one attached hydrogen (secondary N) is 4. The van der Waals surface area contributed by atoms with Gasteiger partial charge in [0.1, 0.15) is 5.75 Å². The number of hydrogen-bond acceptors (Lipinski definition) is 3. The zero-order chi connectivity index (χ0) is 17.8. The van der Waals surface area contributed by atoms with Gasteiger partial charge in [-0.2, -0.15) is 0 Å². The fourth-order valence-corrected chi connectivity index (χ4v) is 2.48. The molecule has 1 aromatic rings. The molecule has 0 fully saturated rings. The Labute approximate surface area is 155 Å². The van der Waals surface area contributed by atoms with Gasteiger partial charge in [-0.05, 0) is 61.0 Å². The Morgan fingerprint density at radius 3 is 2.33 bits per heavy atom. The van der Waals surface area contributed by atoms with Gasteiger partial charge in [-0.3, -0.25) is 10.9 Å². The first-order valence-electron chi connectivity index (χ1n) is 8.33. The van der Waals surface area contributed by atoms with Crippen molar-refractivity contribution in [2.24, 2.45) is 5.92 Å². The number of thiocarbonyl (C=S) groups is 2. The van der Waals surface area contributed by atoms with Crippen LogP contribution in [0.1, 0.15) is 39.5 Å². The average Bonchev–Trinajstić information content (AvgIpc) is 2.60. The van der Waals surface area contributed by atoms with Crippen molar-refractivity contribution in [1.82, 2.24) is 16.2 Å². The zero-order valence-corrected chi connectivity index (χ0v) is 16.3. The van der Waals surface area contributed by atoms with Crippen LogP contribution in [-0.2, 0) is 0 Å². The maximum Gasteiger partial charge on any atom is 0.189 e. The molecule has 0 saturated heterocycles. The van der Waals surface area contributed by atoms with Crippen LogP contribution < -0.4 is 26.2 Å². The average molecular weight is 369 g/mol. The van der Waals surface area contributed by atoms with Crippen LogP contribution in [-0.4, -0.2) is 23.9 Å². The predicted octanol–water partition coefficient (Wildman–Crippen LogP) is 3.58. The summed E-state index contributed by atoms with van der Waals surface area (Å²) in [7, 11) is 1.64. The van der Waals surface area contributed by atoms with E-state index in [4.69, 9.17) is 29.2 Å². The highest BCUT2D eigenvalue weighted by molar-refractivity contribution is 7.80. The van der Waals surface area contributed by atoms with Crippen LogP contribution in [0.25, 0.3) is 0 Å². The summed E-state index contributed by atoms with van der Waals surface area (Å²) in [5, 5.41) is 7.29. The van der Waals surface area contributed by atoms with Gasteiger partial charge in [0.05, 0.1) is 7.11 Å². The summed E-state index contributed by atoms with van der Waals surface area (Å²) in [4.78, 5) is 0. The maximum atomic E-state index is 5.26. The third-order valence-electron chi connectivity index (χ3n) is 3.73. The molecule has 0 radical (unpaired) electrons. The van der Waals surface area contributed by atoms with Crippen LogP contribution in [0, 0.1) is 5.92 Å². The molecule has 0 aliphatic carbocycles. The number of unbranched alkanes of at least 4 members (excludes halogenated alkanes) is 1. The lowest BCUT2D eigenvalue weighted by Crippen LogP contribution is -2.49. The molecule has 0 amide bonds. The lowest BCUT2D eigenvalue weighted by molar-refractivity contribution is 0.415. The number of ether oxygens (including phenoxy) is 1. The van der Waals surface area contributed by atoms with E-state index in [-0.39, 0.29) is 0 Å². The molecule has 24 heavy (non-hydrogen) atoms. The molecular weight excluding hydrogens is 340 g/mol. The summed E-state index contributed by atoms with van der Waals surface area (Å²) in [5.41, 5.74) is 6.66. The molecule has 0 aromatic heterocycles. The van der Waals surface area contributed by atoms with Crippen molar-refractivity contribution in [3.8, 4) is 5.75 Å². The Bertz CT molecular complexity index is 508. The van der Waals surface area contributed by atoms with Gasteiger partial charge in [0.2, 0.25) is 0 Å². The zero-order valence-electron chi connectivity index (χ0n) is 14.6. The summed E-state index contributed by atoms with van der Waals surface area (Å²) in [5.74, 6) is 1.45. The van der Waals surface area contributed by atoms with Crippen LogP contribution in [0.4, 0.5) is 5.69 Å². The third-order valence-corrected chi connectivity index (χ3v) is 4.18. The van der Waals surface area contributed by atoms with E-state index < -0.39 is 0 Å². The Balaban J connectivity index is 2.26. The second kappa shape index (κ2) is 11.9. The third kappa shape index (κ3) is 8.31. The summed E-state index contributed by atoms with van der Waals surface area (Å²) in [6, 6.07) is 7.52. The van der Waals surface area contributed by atoms with E-state index in [1.807, 2.05) is 24.3 Å². The quantitative estimate of drug-likeness (QED) is 0.413. The predicted molar refractivity (Wildman–Crippen MR) is 109 cm³/mol. The molecule has 4 N–H and O–H groups in total. The van der Waals surface area contributed by atoms with E-state index in [1.54, 1.807) is 7.11 Å². The number of anilines is 1. The Morgan fingerprint density at radius 2 is 1.75 bits per heavy atom. The molecule has 5 nitrogen and oxygen atoms in total. The second-order valence-electron chi connectivity index (χ2n) is 5.56. The smallest absolute Gasteiger partial charge is 0.189 e. The number of hydrazine groups is 1. The van der Waals surface area contributed by atoms with Crippen LogP contribution in [0.3, 0.4) is 0 Å². The minimum absolute atomic E-state index is 0.447. The monoisotopic (exact) mass is 368 g/mol. The van der Waals surface area contributed by atoms with Crippen molar-refractivity contribution in [2.75, 3.05) is 19.0 Å². The molecule has 1 aromatic carbocycles. The van der Waals surface area contributed by atoms with Gasteiger partial charge in [0.15, 0.2) is 10.2 Å². The summed E-state index contributed by atoms with van der Waals surface area (Å²) in [6.45, 7) is 5.31. The molecule has 0 heterocycles. The lowest BCUT2D eigenvalue weighted by Gasteiger charge is -2.18. The molecule has 1 rings (SSSR count). The fraction of sp³-hybridized carbons (Fsp3) is 0.529. The number of hydrogen-bond donors (Lipinski definition) is 4. The van der Waals surface area contributed by atoms with Crippen molar-refractivity contribution < 1.29 is 4.74 Å². The number of methoxy groups -OCH3 is 1. The van der Waals surface area contributed by atoms with E-state index in [0.717, 1.165) is 24.4 Å². The molecular formula is C17H28N4OS2. The molecule has 0 spiro atoms. The molecule has 1 atom stereocenters. The van der Waals surface area contributed by atoms with Gasteiger partial charge in [-0.25, -0.2) is 0 Å². The summed E-state index contributed by atoms with van der Waals surface area (Å²) in [6.07, 6.45) is 4.87. The molecule has 134 valence electrons. The molecule has 0 bridgehead atoms. The first-order valence-corrected chi connectivity index (χ1v) is 9.15.